The van der Waals surface area contributed by atoms with Crippen LogP contribution in [0.5, 0.6) is 0 Å². The molecule has 0 aliphatic heterocycles. The Morgan fingerprint density at radius 2 is 1.82 bits per heavy atom. The van der Waals surface area contributed by atoms with E-state index in [2.05, 4.69) is 0 Å². The van der Waals surface area contributed by atoms with Gasteiger partial charge in [0.05, 0.1) is 5.41 Å². The fourth-order valence-corrected chi connectivity index (χ4v) is 1.87. The second kappa shape index (κ2) is 4.84. The van der Waals surface area contributed by atoms with Gasteiger partial charge in [0.2, 0.25) is 0 Å². The molecule has 1 aliphatic carbocycles. The van der Waals surface area contributed by atoms with Gasteiger partial charge in [-0.25, -0.2) is 0 Å². The number of ether oxygens (including phenoxy) is 1. The molecule has 17 heavy (non-hydrogen) atoms. The highest BCUT2D eigenvalue weighted by Crippen LogP contribution is 2.40. The summed E-state index contributed by atoms with van der Waals surface area (Å²) < 4.78 is 43.1. The second-order valence-corrected chi connectivity index (χ2v) is 4.49. The molecular weight excluding hydrogens is 235 g/mol. The summed E-state index contributed by atoms with van der Waals surface area (Å²) in [6.07, 6.45) is -3.28. The van der Waals surface area contributed by atoms with E-state index in [4.69, 9.17) is 10.5 Å². The summed E-state index contributed by atoms with van der Waals surface area (Å²) >= 11 is 0. The summed E-state index contributed by atoms with van der Waals surface area (Å²) in [5.74, 6) is -0.810. The van der Waals surface area contributed by atoms with Crippen LogP contribution in [0.15, 0.2) is 0 Å². The average Bonchev–Trinajstić information content (AvgIpc) is 3.03. The first-order valence-electron chi connectivity index (χ1n) is 5.81. The van der Waals surface area contributed by atoms with Crippen LogP contribution in [0.3, 0.4) is 0 Å². The summed E-state index contributed by atoms with van der Waals surface area (Å²) in [7, 11) is 0. The number of carbonyl (C=O) groups excluding carboxylic acids is 1. The number of halogens is 3. The van der Waals surface area contributed by atoms with Crippen molar-refractivity contribution in [3.63, 3.8) is 0 Å². The van der Waals surface area contributed by atoms with Crippen LogP contribution in [-0.4, -0.2) is 24.3 Å². The van der Waals surface area contributed by atoms with Gasteiger partial charge in [-0.2, -0.15) is 13.2 Å². The van der Waals surface area contributed by atoms with Crippen LogP contribution >= 0.6 is 0 Å². The molecule has 0 bridgehead atoms. The minimum absolute atomic E-state index is 0.0235. The SMILES string of the molecule is CCC(CC)(C(=O)OC1CC1)[C@H](N)C(F)(F)F. The van der Waals surface area contributed by atoms with Gasteiger partial charge in [0.25, 0.3) is 0 Å². The molecular formula is C11H18F3NO2. The first kappa shape index (κ1) is 14.3. The Labute approximate surface area is 98.5 Å². The van der Waals surface area contributed by atoms with Gasteiger partial charge >= 0.3 is 12.1 Å². The van der Waals surface area contributed by atoms with Gasteiger partial charge < -0.3 is 10.5 Å². The van der Waals surface area contributed by atoms with Gasteiger partial charge in [-0.1, -0.05) is 13.8 Å². The predicted octanol–water partition coefficient (Wildman–Crippen LogP) is 2.39. The van der Waals surface area contributed by atoms with Crippen LogP contribution in [0, 0.1) is 5.41 Å². The summed E-state index contributed by atoms with van der Waals surface area (Å²) in [5.41, 5.74) is 3.57. The van der Waals surface area contributed by atoms with Gasteiger partial charge in [-0.05, 0) is 25.7 Å². The van der Waals surface area contributed by atoms with Gasteiger partial charge in [0, 0.05) is 0 Å². The van der Waals surface area contributed by atoms with Crippen molar-refractivity contribution in [3.8, 4) is 0 Å². The molecule has 3 nitrogen and oxygen atoms in total. The molecule has 0 heterocycles. The van der Waals surface area contributed by atoms with E-state index in [-0.39, 0.29) is 18.9 Å². The number of rotatable bonds is 5. The zero-order chi connectivity index (χ0) is 13.3. The first-order chi connectivity index (χ1) is 7.78. The molecule has 0 aromatic heterocycles. The molecule has 100 valence electrons. The van der Waals surface area contributed by atoms with E-state index in [0.717, 1.165) is 12.8 Å². The molecule has 0 aromatic carbocycles. The highest BCUT2D eigenvalue weighted by atomic mass is 19.4. The molecule has 0 aromatic rings. The molecule has 1 fully saturated rings. The molecule has 1 rings (SSSR count). The van der Waals surface area contributed by atoms with Crippen LogP contribution in [-0.2, 0) is 9.53 Å². The third-order valence-electron chi connectivity index (χ3n) is 3.41. The van der Waals surface area contributed by atoms with Crippen molar-refractivity contribution in [2.24, 2.45) is 11.1 Å². The number of esters is 1. The highest BCUT2D eigenvalue weighted by molar-refractivity contribution is 5.78. The summed E-state index contributed by atoms with van der Waals surface area (Å²) in [6.45, 7) is 3.06. The lowest BCUT2D eigenvalue weighted by Gasteiger charge is -2.35. The van der Waals surface area contributed by atoms with Crippen molar-refractivity contribution in [3.05, 3.63) is 0 Å². The average molecular weight is 253 g/mol. The van der Waals surface area contributed by atoms with E-state index in [1.807, 2.05) is 0 Å². The van der Waals surface area contributed by atoms with Gasteiger partial charge in [-0.3, -0.25) is 4.79 Å². The Hall–Kier alpha value is -0.780. The van der Waals surface area contributed by atoms with Crippen LogP contribution < -0.4 is 5.73 Å². The van der Waals surface area contributed by atoms with Crippen molar-refractivity contribution in [1.82, 2.24) is 0 Å². The van der Waals surface area contributed by atoms with Crippen molar-refractivity contribution in [2.75, 3.05) is 0 Å². The van der Waals surface area contributed by atoms with Crippen LogP contribution in [0.2, 0.25) is 0 Å². The number of hydrogen-bond acceptors (Lipinski definition) is 3. The molecule has 1 saturated carbocycles. The van der Waals surface area contributed by atoms with Crippen LogP contribution in [0.25, 0.3) is 0 Å². The topological polar surface area (TPSA) is 52.3 Å². The molecule has 6 heteroatoms. The van der Waals surface area contributed by atoms with Gasteiger partial charge in [0.15, 0.2) is 0 Å². The molecule has 0 amide bonds. The number of carbonyl (C=O) groups is 1. The molecule has 0 saturated heterocycles. The lowest BCUT2D eigenvalue weighted by atomic mass is 9.75. The maximum Gasteiger partial charge on any atom is 0.404 e. The molecule has 1 aliphatic rings. The van der Waals surface area contributed by atoms with E-state index in [9.17, 15) is 18.0 Å². The Balaban J connectivity index is 2.89. The smallest absolute Gasteiger partial charge is 0.404 e. The number of hydrogen-bond donors (Lipinski definition) is 1. The lowest BCUT2D eigenvalue weighted by molar-refractivity contribution is -0.194. The molecule has 1 atom stereocenters. The van der Waals surface area contributed by atoms with E-state index in [1.54, 1.807) is 0 Å². The monoisotopic (exact) mass is 253 g/mol. The summed E-state index contributed by atoms with van der Waals surface area (Å²) in [4.78, 5) is 11.9. The third kappa shape index (κ3) is 2.91. The van der Waals surface area contributed by atoms with E-state index in [0.29, 0.717) is 0 Å². The highest BCUT2D eigenvalue weighted by Gasteiger charge is 2.55. The van der Waals surface area contributed by atoms with Crippen LogP contribution in [0.4, 0.5) is 13.2 Å². The minimum Gasteiger partial charge on any atom is -0.462 e. The van der Waals surface area contributed by atoms with E-state index >= 15 is 0 Å². The van der Waals surface area contributed by atoms with Crippen molar-refractivity contribution in [2.45, 2.75) is 57.9 Å². The third-order valence-corrected chi connectivity index (χ3v) is 3.41. The normalized spacial score (nSPS) is 18.9. The zero-order valence-electron chi connectivity index (χ0n) is 10.0. The van der Waals surface area contributed by atoms with Crippen molar-refractivity contribution in [1.29, 1.82) is 0 Å². The second-order valence-electron chi connectivity index (χ2n) is 4.49. The Kier molecular flexibility index (Phi) is 4.06. The molecule has 0 radical (unpaired) electrons. The fraction of sp³-hybridized carbons (Fsp3) is 0.909. The summed E-state index contributed by atoms with van der Waals surface area (Å²) in [6, 6.07) is -2.17. The lowest BCUT2D eigenvalue weighted by Crippen LogP contribution is -2.55. The molecule has 0 unspecified atom stereocenters. The largest absolute Gasteiger partial charge is 0.462 e. The van der Waals surface area contributed by atoms with E-state index < -0.39 is 23.6 Å². The maximum absolute atomic E-state index is 12.7. The standard InChI is InChI=1S/C11H18F3NO2/c1-3-10(4-2,8(15)11(12,13)14)9(16)17-7-5-6-7/h7-8H,3-6,15H2,1-2H3/t8-/m0/s1. The summed E-state index contributed by atoms with van der Waals surface area (Å²) in [5, 5.41) is 0. The predicted molar refractivity (Wildman–Crippen MR) is 56.2 cm³/mol. The van der Waals surface area contributed by atoms with Gasteiger partial charge in [-0.15, -0.1) is 0 Å². The number of alkyl halides is 3. The van der Waals surface area contributed by atoms with E-state index in [1.165, 1.54) is 13.8 Å². The Morgan fingerprint density at radius 1 is 1.35 bits per heavy atom. The zero-order valence-corrected chi connectivity index (χ0v) is 10.0. The fourth-order valence-electron chi connectivity index (χ4n) is 1.87. The Morgan fingerprint density at radius 3 is 2.12 bits per heavy atom. The van der Waals surface area contributed by atoms with Crippen LogP contribution in [0.1, 0.15) is 39.5 Å². The number of nitrogens with two attached hydrogens (primary N) is 1. The van der Waals surface area contributed by atoms with Crippen molar-refractivity contribution >= 4 is 5.97 Å². The maximum atomic E-state index is 12.7. The molecule has 2 N–H and O–H groups in total. The quantitative estimate of drug-likeness (QED) is 0.765. The first-order valence-corrected chi connectivity index (χ1v) is 5.81. The van der Waals surface area contributed by atoms with Crippen molar-refractivity contribution < 1.29 is 22.7 Å². The van der Waals surface area contributed by atoms with Gasteiger partial charge in [0.1, 0.15) is 12.1 Å². The minimum atomic E-state index is -4.59. The molecule has 0 spiro atoms. The Bertz CT molecular complexity index is 283.